The summed E-state index contributed by atoms with van der Waals surface area (Å²) >= 11 is 0. The van der Waals surface area contributed by atoms with Crippen molar-refractivity contribution in [1.82, 2.24) is 9.29 Å². The van der Waals surface area contributed by atoms with Crippen LogP contribution in [0.2, 0.25) is 0 Å². The van der Waals surface area contributed by atoms with Crippen molar-refractivity contribution in [1.29, 1.82) is 0 Å². The van der Waals surface area contributed by atoms with Crippen LogP contribution in [0.3, 0.4) is 0 Å². The topological polar surface area (TPSA) is 57.6 Å². The molecule has 2 N–H and O–H groups in total. The second-order valence-electron chi connectivity index (χ2n) is 5.45. The Morgan fingerprint density at radius 2 is 1.95 bits per heavy atom. The standard InChI is InChI=1S/C14H19N3O2S/c1-20(18,19)17-8-6-16(7-9-17)11-12-10-15-14-5-3-2-4-13(12)14/h2-5,10,15H,6-9,11H2,1H3/p+1. The number of aromatic amines is 1. The van der Waals surface area contributed by atoms with Crippen molar-refractivity contribution in [2.75, 3.05) is 32.4 Å². The third-order valence-electron chi connectivity index (χ3n) is 4.01. The molecule has 0 unspecified atom stereocenters. The van der Waals surface area contributed by atoms with E-state index in [9.17, 15) is 8.42 Å². The van der Waals surface area contributed by atoms with Gasteiger partial charge in [0.15, 0.2) is 0 Å². The first-order valence-corrected chi connectivity index (χ1v) is 8.72. The average molecular weight is 294 g/mol. The Balaban J connectivity index is 1.68. The van der Waals surface area contributed by atoms with Gasteiger partial charge >= 0.3 is 0 Å². The van der Waals surface area contributed by atoms with E-state index < -0.39 is 10.0 Å². The van der Waals surface area contributed by atoms with Crippen LogP contribution in [0.1, 0.15) is 5.56 Å². The normalized spacial score (nSPS) is 18.6. The Bertz CT molecular complexity index is 700. The molecule has 20 heavy (non-hydrogen) atoms. The molecule has 0 bridgehead atoms. The van der Waals surface area contributed by atoms with E-state index >= 15 is 0 Å². The second kappa shape index (κ2) is 5.20. The maximum absolute atomic E-state index is 11.5. The zero-order valence-corrected chi connectivity index (χ0v) is 12.4. The van der Waals surface area contributed by atoms with Crippen LogP contribution in [0.5, 0.6) is 0 Å². The van der Waals surface area contributed by atoms with Crippen LogP contribution in [0.25, 0.3) is 10.9 Å². The van der Waals surface area contributed by atoms with Crippen LogP contribution in [-0.4, -0.2) is 50.1 Å². The number of benzene rings is 1. The van der Waals surface area contributed by atoms with Crippen molar-refractivity contribution in [2.45, 2.75) is 6.54 Å². The maximum atomic E-state index is 11.5. The van der Waals surface area contributed by atoms with Crippen LogP contribution in [0.15, 0.2) is 30.5 Å². The number of fused-ring (bicyclic) bond motifs is 1. The molecule has 108 valence electrons. The minimum atomic E-state index is -3.03. The minimum Gasteiger partial charge on any atom is -0.361 e. The van der Waals surface area contributed by atoms with Gasteiger partial charge in [-0.15, -0.1) is 0 Å². The number of quaternary nitrogens is 1. The Kier molecular flexibility index (Phi) is 3.54. The lowest BCUT2D eigenvalue weighted by molar-refractivity contribution is -0.917. The summed E-state index contributed by atoms with van der Waals surface area (Å²) in [6.45, 7) is 3.92. The lowest BCUT2D eigenvalue weighted by atomic mass is 10.1. The van der Waals surface area contributed by atoms with Crippen LogP contribution in [0.4, 0.5) is 0 Å². The summed E-state index contributed by atoms with van der Waals surface area (Å²) in [7, 11) is -3.03. The van der Waals surface area contributed by atoms with Crippen LogP contribution < -0.4 is 4.90 Å². The smallest absolute Gasteiger partial charge is 0.211 e. The molecule has 5 nitrogen and oxygen atoms in total. The Labute approximate surface area is 119 Å². The molecule has 1 aliphatic heterocycles. The largest absolute Gasteiger partial charge is 0.361 e. The molecule has 3 rings (SSSR count). The molecule has 0 radical (unpaired) electrons. The summed E-state index contributed by atoms with van der Waals surface area (Å²) in [6.07, 6.45) is 3.36. The van der Waals surface area contributed by atoms with Gasteiger partial charge in [0.1, 0.15) is 6.54 Å². The molecular formula is C14H20N3O2S+. The Morgan fingerprint density at radius 3 is 2.65 bits per heavy atom. The van der Waals surface area contributed by atoms with Gasteiger partial charge in [0.05, 0.1) is 32.4 Å². The molecule has 1 saturated heterocycles. The summed E-state index contributed by atoms with van der Waals surface area (Å²) in [4.78, 5) is 4.73. The molecule has 0 spiro atoms. The molecule has 0 saturated carbocycles. The number of H-pyrrole nitrogens is 1. The number of sulfonamides is 1. The van der Waals surface area contributed by atoms with E-state index in [0.29, 0.717) is 13.1 Å². The second-order valence-corrected chi connectivity index (χ2v) is 7.43. The van der Waals surface area contributed by atoms with Crippen molar-refractivity contribution in [3.8, 4) is 0 Å². The Hall–Kier alpha value is -1.37. The van der Waals surface area contributed by atoms with Gasteiger partial charge in [0.2, 0.25) is 10.0 Å². The summed E-state index contributed by atoms with van der Waals surface area (Å²) in [6, 6.07) is 8.29. The molecular weight excluding hydrogens is 274 g/mol. The SMILES string of the molecule is CS(=O)(=O)N1CC[NH+](Cc2c[nH]c3ccccc23)CC1. The van der Waals surface area contributed by atoms with Crippen LogP contribution in [0, 0.1) is 0 Å². The lowest BCUT2D eigenvalue weighted by Crippen LogP contribution is -3.13. The van der Waals surface area contributed by atoms with Crippen molar-refractivity contribution in [2.24, 2.45) is 0 Å². The highest BCUT2D eigenvalue weighted by molar-refractivity contribution is 7.88. The fourth-order valence-corrected chi connectivity index (χ4v) is 3.70. The predicted molar refractivity (Wildman–Crippen MR) is 79.1 cm³/mol. The molecule has 2 heterocycles. The predicted octanol–water partition coefficient (Wildman–Crippen LogP) is -0.172. The third-order valence-corrected chi connectivity index (χ3v) is 5.32. The van der Waals surface area contributed by atoms with Crippen LogP contribution in [-0.2, 0) is 16.6 Å². The number of hydrogen-bond acceptors (Lipinski definition) is 2. The first-order chi connectivity index (χ1) is 9.54. The van der Waals surface area contributed by atoms with E-state index in [1.165, 1.54) is 22.1 Å². The molecule has 0 amide bonds. The summed E-state index contributed by atoms with van der Waals surface area (Å²) < 4.78 is 24.6. The molecule has 2 aromatic rings. The highest BCUT2D eigenvalue weighted by Crippen LogP contribution is 2.16. The number of rotatable bonds is 3. The number of nitrogens with one attached hydrogen (secondary N) is 2. The van der Waals surface area contributed by atoms with Gasteiger partial charge in [-0.3, -0.25) is 0 Å². The number of nitrogens with zero attached hydrogens (tertiary/aromatic N) is 1. The summed E-state index contributed by atoms with van der Waals surface area (Å²) in [5.41, 5.74) is 2.47. The number of piperazine rings is 1. The first-order valence-electron chi connectivity index (χ1n) is 6.88. The van der Waals surface area contributed by atoms with Gasteiger partial charge in [-0.25, -0.2) is 8.42 Å². The molecule has 6 heteroatoms. The molecule has 0 aliphatic carbocycles. The zero-order valence-electron chi connectivity index (χ0n) is 11.6. The van der Waals surface area contributed by atoms with E-state index in [2.05, 4.69) is 29.4 Å². The van der Waals surface area contributed by atoms with E-state index in [-0.39, 0.29) is 0 Å². The fourth-order valence-electron chi connectivity index (χ4n) is 2.86. The number of para-hydroxylation sites is 1. The van der Waals surface area contributed by atoms with Gasteiger partial charge in [-0.1, -0.05) is 18.2 Å². The molecule has 1 aliphatic rings. The van der Waals surface area contributed by atoms with Crippen LogP contribution >= 0.6 is 0 Å². The molecule has 1 fully saturated rings. The molecule has 1 aromatic heterocycles. The molecule has 1 aromatic carbocycles. The highest BCUT2D eigenvalue weighted by atomic mass is 32.2. The Morgan fingerprint density at radius 1 is 1.25 bits per heavy atom. The van der Waals surface area contributed by atoms with E-state index in [1.54, 1.807) is 4.31 Å². The minimum absolute atomic E-state index is 0.622. The quantitative estimate of drug-likeness (QED) is 0.826. The lowest BCUT2D eigenvalue weighted by Gasteiger charge is -2.30. The highest BCUT2D eigenvalue weighted by Gasteiger charge is 2.26. The monoisotopic (exact) mass is 294 g/mol. The van der Waals surface area contributed by atoms with E-state index in [1.807, 2.05) is 6.07 Å². The average Bonchev–Trinajstić information content (AvgIpc) is 2.82. The van der Waals surface area contributed by atoms with Gasteiger partial charge in [0.25, 0.3) is 0 Å². The van der Waals surface area contributed by atoms with E-state index in [4.69, 9.17) is 0 Å². The zero-order chi connectivity index (χ0) is 14.2. The number of hydrogen-bond donors (Lipinski definition) is 2. The van der Waals surface area contributed by atoms with Crippen molar-refractivity contribution < 1.29 is 13.3 Å². The first kappa shape index (κ1) is 13.6. The van der Waals surface area contributed by atoms with Crippen molar-refractivity contribution in [3.63, 3.8) is 0 Å². The van der Waals surface area contributed by atoms with Gasteiger partial charge in [-0.2, -0.15) is 4.31 Å². The summed E-state index contributed by atoms with van der Waals surface area (Å²) in [5, 5.41) is 1.27. The molecule has 0 atom stereocenters. The van der Waals surface area contributed by atoms with E-state index in [0.717, 1.165) is 25.2 Å². The van der Waals surface area contributed by atoms with Gasteiger partial charge in [-0.05, 0) is 6.07 Å². The van der Waals surface area contributed by atoms with Crippen molar-refractivity contribution >= 4 is 20.9 Å². The summed E-state index contributed by atoms with van der Waals surface area (Å²) in [5.74, 6) is 0. The van der Waals surface area contributed by atoms with Crippen molar-refractivity contribution in [3.05, 3.63) is 36.0 Å². The van der Waals surface area contributed by atoms with Gasteiger partial charge < -0.3 is 9.88 Å². The third kappa shape index (κ3) is 2.72. The number of aromatic nitrogens is 1. The fraction of sp³-hybridized carbons (Fsp3) is 0.429. The van der Waals surface area contributed by atoms with Gasteiger partial charge in [0, 0.05) is 22.7 Å². The maximum Gasteiger partial charge on any atom is 0.211 e.